The molecular weight excluding hydrogens is 438 g/mol. The van der Waals surface area contributed by atoms with Crippen molar-refractivity contribution < 1.29 is 9.32 Å². The predicted octanol–water partition coefficient (Wildman–Crippen LogP) is 3.82. The highest BCUT2D eigenvalue weighted by atomic mass is 35.5. The van der Waals surface area contributed by atoms with Gasteiger partial charge in [0.2, 0.25) is 17.6 Å². The van der Waals surface area contributed by atoms with Gasteiger partial charge in [-0.05, 0) is 43.3 Å². The summed E-state index contributed by atoms with van der Waals surface area (Å²) in [6.07, 6.45) is 1.61. The van der Waals surface area contributed by atoms with Gasteiger partial charge < -0.3 is 14.7 Å². The Hall–Kier alpha value is -2.74. The normalized spacial score (nSPS) is 15.9. The molecule has 2 heterocycles. The van der Waals surface area contributed by atoms with E-state index in [1.165, 1.54) is 0 Å². The molecule has 0 bridgehead atoms. The molecule has 1 fully saturated rings. The van der Waals surface area contributed by atoms with Gasteiger partial charge in [-0.3, -0.25) is 9.69 Å². The monoisotopic (exact) mass is 467 g/mol. The summed E-state index contributed by atoms with van der Waals surface area (Å²) in [5, 5.41) is 7.94. The predicted molar refractivity (Wildman–Crippen MR) is 129 cm³/mol. The summed E-state index contributed by atoms with van der Waals surface area (Å²) in [7, 11) is 2.15. The van der Waals surface area contributed by atoms with Gasteiger partial charge in [0.05, 0.1) is 6.04 Å². The highest BCUT2D eigenvalue weighted by Crippen LogP contribution is 2.20. The molecule has 1 aliphatic rings. The van der Waals surface area contributed by atoms with E-state index in [9.17, 15) is 4.79 Å². The number of halogens is 1. The van der Waals surface area contributed by atoms with Crippen LogP contribution in [0.1, 0.15) is 30.3 Å². The average Bonchev–Trinajstić information content (AvgIpc) is 3.30. The Morgan fingerprint density at radius 1 is 1.09 bits per heavy atom. The number of nitrogens with one attached hydrogen (secondary N) is 1. The van der Waals surface area contributed by atoms with Crippen molar-refractivity contribution in [2.24, 2.45) is 0 Å². The summed E-state index contributed by atoms with van der Waals surface area (Å²) >= 11 is 5.93. The molecule has 2 aromatic carbocycles. The summed E-state index contributed by atoms with van der Waals surface area (Å²) in [6, 6.07) is 17.5. The minimum atomic E-state index is -0.0259. The standard InChI is InChI=1S/C25H30ClN5O2/c1-30-14-16-31(17-15-30)18-22(19-6-3-2-4-7-19)27-23(32)8-5-9-24-28-25(29-33-24)20-10-12-21(26)13-11-20/h2-4,6-7,10-13,22H,5,8-9,14-18H2,1H3,(H,27,32). The Kier molecular flexibility index (Phi) is 8.10. The first-order valence-electron chi connectivity index (χ1n) is 11.4. The summed E-state index contributed by atoms with van der Waals surface area (Å²) in [4.78, 5) is 21.9. The molecule has 0 saturated carbocycles. The number of aromatic nitrogens is 2. The lowest BCUT2D eigenvalue weighted by Gasteiger charge is -2.35. The Labute approximate surface area is 199 Å². The first kappa shape index (κ1) is 23.4. The number of carbonyl (C=O) groups excluding carboxylic acids is 1. The van der Waals surface area contributed by atoms with Crippen molar-refractivity contribution in [3.8, 4) is 11.4 Å². The zero-order valence-electron chi connectivity index (χ0n) is 18.9. The van der Waals surface area contributed by atoms with Gasteiger partial charge in [0, 0.05) is 56.2 Å². The maximum absolute atomic E-state index is 12.8. The SMILES string of the molecule is CN1CCN(CC(NC(=O)CCCc2nc(-c3ccc(Cl)cc3)no2)c2ccccc2)CC1. The van der Waals surface area contributed by atoms with Crippen molar-refractivity contribution >= 4 is 17.5 Å². The second-order valence-electron chi connectivity index (χ2n) is 8.51. The number of nitrogens with zero attached hydrogens (tertiary/aromatic N) is 4. The van der Waals surface area contributed by atoms with Crippen LogP contribution in [-0.2, 0) is 11.2 Å². The van der Waals surface area contributed by atoms with Crippen LogP contribution in [-0.4, -0.2) is 65.6 Å². The Morgan fingerprint density at radius 3 is 2.55 bits per heavy atom. The maximum Gasteiger partial charge on any atom is 0.226 e. The molecule has 4 rings (SSSR count). The maximum atomic E-state index is 12.8. The van der Waals surface area contributed by atoms with E-state index >= 15 is 0 Å². The van der Waals surface area contributed by atoms with Crippen LogP contribution < -0.4 is 5.32 Å². The molecule has 1 amide bonds. The zero-order valence-corrected chi connectivity index (χ0v) is 19.7. The van der Waals surface area contributed by atoms with Crippen molar-refractivity contribution in [1.29, 1.82) is 0 Å². The molecule has 0 spiro atoms. The van der Waals surface area contributed by atoms with E-state index in [4.69, 9.17) is 16.1 Å². The number of likely N-dealkylation sites (N-methyl/N-ethyl adjacent to an activating group) is 1. The van der Waals surface area contributed by atoms with E-state index < -0.39 is 0 Å². The average molecular weight is 468 g/mol. The van der Waals surface area contributed by atoms with Crippen LogP contribution in [0.3, 0.4) is 0 Å². The smallest absolute Gasteiger partial charge is 0.226 e. The van der Waals surface area contributed by atoms with E-state index in [1.54, 1.807) is 12.1 Å². The molecule has 1 atom stereocenters. The number of aryl methyl sites for hydroxylation is 1. The van der Waals surface area contributed by atoms with Crippen molar-refractivity contribution in [3.05, 3.63) is 71.1 Å². The molecule has 1 aliphatic heterocycles. The number of carbonyl (C=O) groups is 1. The van der Waals surface area contributed by atoms with Crippen LogP contribution in [0.15, 0.2) is 59.1 Å². The molecule has 7 nitrogen and oxygen atoms in total. The molecule has 0 aliphatic carbocycles. The Bertz CT molecular complexity index is 1020. The van der Waals surface area contributed by atoms with Gasteiger partial charge in [0.15, 0.2) is 0 Å². The number of piperazine rings is 1. The number of hydrogen-bond donors (Lipinski definition) is 1. The van der Waals surface area contributed by atoms with Gasteiger partial charge >= 0.3 is 0 Å². The van der Waals surface area contributed by atoms with Crippen LogP contribution in [0.25, 0.3) is 11.4 Å². The van der Waals surface area contributed by atoms with Crippen LogP contribution in [0.4, 0.5) is 0 Å². The quantitative estimate of drug-likeness (QED) is 0.515. The molecule has 8 heteroatoms. The fourth-order valence-electron chi connectivity index (χ4n) is 3.95. The fraction of sp³-hybridized carbons (Fsp3) is 0.400. The third-order valence-electron chi connectivity index (χ3n) is 5.94. The van der Waals surface area contributed by atoms with Gasteiger partial charge in [-0.2, -0.15) is 4.98 Å². The highest BCUT2D eigenvalue weighted by molar-refractivity contribution is 6.30. The molecule has 3 aromatic rings. The van der Waals surface area contributed by atoms with Gasteiger partial charge in [-0.25, -0.2) is 0 Å². The highest BCUT2D eigenvalue weighted by Gasteiger charge is 2.21. The Morgan fingerprint density at radius 2 is 1.82 bits per heavy atom. The van der Waals surface area contributed by atoms with Crippen molar-refractivity contribution in [2.45, 2.75) is 25.3 Å². The lowest BCUT2D eigenvalue weighted by Crippen LogP contribution is -2.47. The van der Waals surface area contributed by atoms with Crippen LogP contribution in [0.5, 0.6) is 0 Å². The topological polar surface area (TPSA) is 74.5 Å². The zero-order chi connectivity index (χ0) is 23.0. The van der Waals surface area contributed by atoms with Gasteiger partial charge in [-0.15, -0.1) is 0 Å². The van der Waals surface area contributed by atoms with Crippen LogP contribution in [0.2, 0.25) is 5.02 Å². The second-order valence-corrected chi connectivity index (χ2v) is 8.94. The van der Waals surface area contributed by atoms with E-state index in [1.807, 2.05) is 30.3 Å². The van der Waals surface area contributed by atoms with Gasteiger partial charge in [0.1, 0.15) is 0 Å². The van der Waals surface area contributed by atoms with Crippen LogP contribution >= 0.6 is 11.6 Å². The Balaban J connectivity index is 1.29. The molecule has 1 N–H and O–H groups in total. The number of rotatable bonds is 9. The third kappa shape index (κ3) is 6.87. The molecule has 174 valence electrons. The summed E-state index contributed by atoms with van der Waals surface area (Å²) in [5.41, 5.74) is 1.98. The number of hydrogen-bond acceptors (Lipinski definition) is 6. The molecule has 1 unspecified atom stereocenters. The molecule has 33 heavy (non-hydrogen) atoms. The van der Waals surface area contributed by atoms with Gasteiger partial charge in [-0.1, -0.05) is 47.1 Å². The minimum Gasteiger partial charge on any atom is -0.348 e. The van der Waals surface area contributed by atoms with Crippen molar-refractivity contribution in [2.75, 3.05) is 39.8 Å². The molecular formula is C25H30ClN5O2. The van der Waals surface area contributed by atoms with E-state index in [0.717, 1.165) is 43.9 Å². The summed E-state index contributed by atoms with van der Waals surface area (Å²) in [5.74, 6) is 1.10. The summed E-state index contributed by atoms with van der Waals surface area (Å²) < 4.78 is 5.35. The number of benzene rings is 2. The van der Waals surface area contributed by atoms with E-state index in [0.29, 0.717) is 36.0 Å². The second kappa shape index (κ2) is 11.4. The number of amides is 1. The van der Waals surface area contributed by atoms with Crippen LogP contribution in [0, 0.1) is 0 Å². The lowest BCUT2D eigenvalue weighted by atomic mass is 10.1. The first-order valence-corrected chi connectivity index (χ1v) is 11.8. The largest absolute Gasteiger partial charge is 0.348 e. The molecule has 1 saturated heterocycles. The molecule has 1 aromatic heterocycles. The minimum absolute atomic E-state index is 0.0259. The first-order chi connectivity index (χ1) is 16.1. The van der Waals surface area contributed by atoms with Crippen molar-refractivity contribution in [1.82, 2.24) is 25.3 Å². The van der Waals surface area contributed by atoms with E-state index in [-0.39, 0.29) is 11.9 Å². The van der Waals surface area contributed by atoms with Gasteiger partial charge in [0.25, 0.3) is 0 Å². The fourth-order valence-corrected chi connectivity index (χ4v) is 4.07. The van der Waals surface area contributed by atoms with Crippen molar-refractivity contribution in [3.63, 3.8) is 0 Å². The third-order valence-corrected chi connectivity index (χ3v) is 6.19. The molecule has 0 radical (unpaired) electrons. The summed E-state index contributed by atoms with van der Waals surface area (Å²) in [6.45, 7) is 4.96. The lowest BCUT2D eigenvalue weighted by molar-refractivity contribution is -0.122. The van der Waals surface area contributed by atoms with E-state index in [2.05, 4.69) is 44.4 Å².